The van der Waals surface area contributed by atoms with Gasteiger partial charge in [0.1, 0.15) is 18.1 Å². The average Bonchev–Trinajstić information content (AvgIpc) is 3.22. The lowest BCUT2D eigenvalue weighted by molar-refractivity contribution is -0.122. The normalized spacial score (nSPS) is 16.5. The molecular formula is C19H18N6O3. The molecule has 2 N–H and O–H groups in total. The summed E-state index contributed by atoms with van der Waals surface area (Å²) in [5, 5.41) is 16.8. The minimum Gasteiger partial charge on any atom is -0.479 e. The number of hydrogen-bond acceptors (Lipinski definition) is 6. The second-order valence-corrected chi connectivity index (χ2v) is 6.44. The summed E-state index contributed by atoms with van der Waals surface area (Å²) in [5.74, 6) is 0.0607. The minimum absolute atomic E-state index is 0.230. The number of hydrogen-bond donors (Lipinski definition) is 2. The van der Waals surface area contributed by atoms with Crippen LogP contribution in [0.4, 0.5) is 11.4 Å². The molecule has 28 heavy (non-hydrogen) atoms. The van der Waals surface area contributed by atoms with Gasteiger partial charge in [-0.3, -0.25) is 9.59 Å². The van der Waals surface area contributed by atoms with Gasteiger partial charge in [-0.1, -0.05) is 30.3 Å². The van der Waals surface area contributed by atoms with Crippen LogP contribution in [0.25, 0.3) is 0 Å². The summed E-state index contributed by atoms with van der Waals surface area (Å²) in [7, 11) is 0. The molecule has 0 radical (unpaired) electrons. The standard InChI is InChI=1S/C19H18N6O3/c1-12-18(26)22-15-10-14(7-8-17(15)28-12)21-19(27)16(25-11-20-23-24-25)9-13-5-3-2-4-6-13/h2-8,10-12,16H,9H2,1H3,(H,21,27)(H,22,26)/t12-,16-/m0/s1. The van der Waals surface area contributed by atoms with Crippen molar-refractivity contribution in [3.8, 4) is 5.75 Å². The Hall–Kier alpha value is -3.75. The lowest BCUT2D eigenvalue weighted by atomic mass is 10.1. The number of rotatable bonds is 5. The molecule has 0 saturated carbocycles. The van der Waals surface area contributed by atoms with Gasteiger partial charge in [0.05, 0.1) is 5.69 Å². The molecule has 9 heteroatoms. The first kappa shape index (κ1) is 17.7. The number of anilines is 2. The Balaban J connectivity index is 1.55. The van der Waals surface area contributed by atoms with E-state index in [1.807, 2.05) is 30.3 Å². The highest BCUT2D eigenvalue weighted by Gasteiger charge is 2.25. The van der Waals surface area contributed by atoms with Crippen LogP contribution in [0.15, 0.2) is 54.9 Å². The second kappa shape index (κ2) is 7.47. The van der Waals surface area contributed by atoms with Crippen molar-refractivity contribution < 1.29 is 14.3 Å². The van der Waals surface area contributed by atoms with E-state index in [-0.39, 0.29) is 11.8 Å². The highest BCUT2D eigenvalue weighted by atomic mass is 16.5. The SMILES string of the molecule is C[C@@H]1Oc2ccc(NC(=O)[C@H](Cc3ccccc3)n3cnnn3)cc2NC1=O. The number of fused-ring (bicyclic) bond motifs is 1. The van der Waals surface area contributed by atoms with Crippen LogP contribution in [0.5, 0.6) is 5.75 Å². The number of tetrazole rings is 1. The van der Waals surface area contributed by atoms with E-state index in [2.05, 4.69) is 26.2 Å². The van der Waals surface area contributed by atoms with E-state index >= 15 is 0 Å². The molecule has 0 spiro atoms. The Labute approximate surface area is 160 Å². The number of carbonyl (C=O) groups is 2. The van der Waals surface area contributed by atoms with Crippen molar-refractivity contribution in [2.45, 2.75) is 25.5 Å². The molecule has 2 aromatic carbocycles. The molecule has 9 nitrogen and oxygen atoms in total. The molecule has 0 aliphatic carbocycles. The maximum Gasteiger partial charge on any atom is 0.265 e. The van der Waals surface area contributed by atoms with E-state index in [9.17, 15) is 9.59 Å². The number of nitrogens with zero attached hydrogens (tertiary/aromatic N) is 4. The summed E-state index contributed by atoms with van der Waals surface area (Å²) in [6.45, 7) is 1.67. The van der Waals surface area contributed by atoms with E-state index in [0.29, 0.717) is 23.5 Å². The van der Waals surface area contributed by atoms with Crippen LogP contribution in [0.3, 0.4) is 0 Å². The summed E-state index contributed by atoms with van der Waals surface area (Å²) in [4.78, 5) is 24.8. The molecule has 0 unspecified atom stereocenters. The van der Waals surface area contributed by atoms with Gasteiger partial charge in [0.2, 0.25) is 5.91 Å². The summed E-state index contributed by atoms with van der Waals surface area (Å²) in [6, 6.07) is 14.1. The Bertz CT molecular complexity index is 990. The number of carbonyl (C=O) groups excluding carboxylic acids is 2. The van der Waals surface area contributed by atoms with Crippen molar-refractivity contribution in [2.24, 2.45) is 0 Å². The molecule has 0 saturated heterocycles. The first-order valence-corrected chi connectivity index (χ1v) is 8.79. The maximum atomic E-state index is 13.0. The van der Waals surface area contributed by atoms with Crippen molar-refractivity contribution in [2.75, 3.05) is 10.6 Å². The largest absolute Gasteiger partial charge is 0.479 e. The second-order valence-electron chi connectivity index (χ2n) is 6.44. The summed E-state index contributed by atoms with van der Waals surface area (Å²) < 4.78 is 6.96. The number of aromatic nitrogens is 4. The average molecular weight is 378 g/mol. The van der Waals surface area contributed by atoms with Gasteiger partial charge in [0, 0.05) is 12.1 Å². The molecule has 1 aromatic heterocycles. The maximum absolute atomic E-state index is 13.0. The van der Waals surface area contributed by atoms with Crippen molar-refractivity contribution >= 4 is 23.2 Å². The zero-order valence-corrected chi connectivity index (χ0v) is 15.1. The van der Waals surface area contributed by atoms with E-state index in [0.717, 1.165) is 5.56 Å². The highest BCUT2D eigenvalue weighted by molar-refractivity contribution is 5.99. The monoisotopic (exact) mass is 378 g/mol. The van der Waals surface area contributed by atoms with Gasteiger partial charge in [0.15, 0.2) is 6.10 Å². The first-order valence-electron chi connectivity index (χ1n) is 8.79. The lowest BCUT2D eigenvalue weighted by Gasteiger charge is -2.24. The third kappa shape index (κ3) is 3.68. The van der Waals surface area contributed by atoms with Gasteiger partial charge in [-0.15, -0.1) is 5.10 Å². The van der Waals surface area contributed by atoms with Crippen LogP contribution >= 0.6 is 0 Å². The van der Waals surface area contributed by atoms with Gasteiger partial charge < -0.3 is 15.4 Å². The third-order valence-electron chi connectivity index (χ3n) is 4.44. The van der Waals surface area contributed by atoms with Crippen LogP contribution < -0.4 is 15.4 Å². The fraction of sp³-hybridized carbons (Fsp3) is 0.211. The van der Waals surface area contributed by atoms with Gasteiger partial charge in [-0.05, 0) is 41.1 Å². The van der Waals surface area contributed by atoms with Crippen molar-refractivity contribution in [1.82, 2.24) is 20.2 Å². The molecule has 142 valence electrons. The molecule has 1 aliphatic heterocycles. The van der Waals surface area contributed by atoms with Crippen LogP contribution in [-0.4, -0.2) is 38.1 Å². The first-order chi connectivity index (χ1) is 13.6. The number of amides is 2. The van der Waals surface area contributed by atoms with Crippen molar-refractivity contribution in [3.05, 3.63) is 60.4 Å². The molecule has 0 fully saturated rings. The van der Waals surface area contributed by atoms with Gasteiger partial charge in [-0.25, -0.2) is 4.68 Å². The number of nitrogens with one attached hydrogen (secondary N) is 2. The Kier molecular flexibility index (Phi) is 4.71. The van der Waals surface area contributed by atoms with E-state index in [1.165, 1.54) is 11.0 Å². The van der Waals surface area contributed by atoms with Gasteiger partial charge in [0.25, 0.3) is 5.91 Å². The van der Waals surface area contributed by atoms with E-state index in [4.69, 9.17) is 4.74 Å². The van der Waals surface area contributed by atoms with Crippen LogP contribution in [0, 0.1) is 0 Å². The zero-order valence-electron chi connectivity index (χ0n) is 15.1. The fourth-order valence-corrected chi connectivity index (χ4v) is 2.97. The summed E-state index contributed by atoms with van der Waals surface area (Å²) in [5.41, 5.74) is 2.04. The minimum atomic E-state index is -0.626. The predicted octanol–water partition coefficient (Wildman–Crippen LogP) is 1.81. The van der Waals surface area contributed by atoms with Crippen LogP contribution in [-0.2, 0) is 16.0 Å². The summed E-state index contributed by atoms with van der Waals surface area (Å²) >= 11 is 0. The smallest absolute Gasteiger partial charge is 0.265 e. The summed E-state index contributed by atoms with van der Waals surface area (Å²) in [6.07, 6.45) is 1.29. The van der Waals surface area contributed by atoms with Gasteiger partial charge >= 0.3 is 0 Å². The van der Waals surface area contributed by atoms with Crippen molar-refractivity contribution in [1.29, 1.82) is 0 Å². The Morgan fingerprint density at radius 1 is 1.29 bits per heavy atom. The van der Waals surface area contributed by atoms with Gasteiger partial charge in [-0.2, -0.15) is 0 Å². The molecule has 3 aromatic rings. The Morgan fingerprint density at radius 2 is 2.11 bits per heavy atom. The molecule has 2 atom stereocenters. The number of ether oxygens (including phenoxy) is 1. The molecular weight excluding hydrogens is 360 g/mol. The third-order valence-corrected chi connectivity index (χ3v) is 4.44. The lowest BCUT2D eigenvalue weighted by Crippen LogP contribution is -2.34. The van der Waals surface area contributed by atoms with Crippen molar-refractivity contribution in [3.63, 3.8) is 0 Å². The zero-order chi connectivity index (χ0) is 19.5. The van der Waals surface area contributed by atoms with E-state index in [1.54, 1.807) is 25.1 Å². The quantitative estimate of drug-likeness (QED) is 0.701. The molecule has 4 rings (SSSR count). The highest BCUT2D eigenvalue weighted by Crippen LogP contribution is 2.32. The Morgan fingerprint density at radius 3 is 2.86 bits per heavy atom. The molecule has 2 amide bonds. The fourth-order valence-electron chi connectivity index (χ4n) is 2.97. The molecule has 1 aliphatic rings. The van der Waals surface area contributed by atoms with E-state index < -0.39 is 12.1 Å². The topological polar surface area (TPSA) is 111 Å². The van der Waals surface area contributed by atoms with Crippen LogP contribution in [0.1, 0.15) is 18.5 Å². The molecule has 0 bridgehead atoms. The molecule has 2 heterocycles. The van der Waals surface area contributed by atoms with Crippen LogP contribution in [0.2, 0.25) is 0 Å². The number of benzene rings is 2. The predicted molar refractivity (Wildman–Crippen MR) is 101 cm³/mol.